The predicted octanol–water partition coefficient (Wildman–Crippen LogP) is 3.29. The van der Waals surface area contributed by atoms with Crippen LogP contribution in [0.15, 0.2) is 29.4 Å². The van der Waals surface area contributed by atoms with Gasteiger partial charge in [-0.2, -0.15) is 13.2 Å². The third-order valence-electron chi connectivity index (χ3n) is 3.43. The first-order valence-electron chi connectivity index (χ1n) is 6.44. The standard InChI is InChI=1S/C15H12F3N3O/c1-22-14-12(4-10(19)6-21-14)11-3-9(15(16,17)18)2-8-5-20-7-13(8)11/h2-4,6-7H,5,19H2,1H3. The van der Waals surface area contributed by atoms with E-state index in [0.29, 0.717) is 27.9 Å². The Hall–Kier alpha value is -2.57. The first-order valence-corrected chi connectivity index (χ1v) is 6.44. The van der Waals surface area contributed by atoms with Gasteiger partial charge in [0.2, 0.25) is 5.88 Å². The predicted molar refractivity (Wildman–Crippen MR) is 76.9 cm³/mol. The summed E-state index contributed by atoms with van der Waals surface area (Å²) >= 11 is 0. The molecule has 1 aliphatic rings. The van der Waals surface area contributed by atoms with Crippen LogP contribution in [0.1, 0.15) is 16.7 Å². The molecule has 0 bridgehead atoms. The van der Waals surface area contributed by atoms with Gasteiger partial charge in [-0.1, -0.05) is 0 Å². The molecule has 0 spiro atoms. The maximum atomic E-state index is 13.1. The van der Waals surface area contributed by atoms with Crippen molar-refractivity contribution in [2.75, 3.05) is 12.8 Å². The van der Waals surface area contributed by atoms with Crippen LogP contribution in [0.2, 0.25) is 0 Å². The Labute approximate surface area is 124 Å². The Bertz CT molecular complexity index is 769. The van der Waals surface area contributed by atoms with Crippen molar-refractivity contribution in [1.82, 2.24) is 4.98 Å². The van der Waals surface area contributed by atoms with E-state index in [-0.39, 0.29) is 12.4 Å². The summed E-state index contributed by atoms with van der Waals surface area (Å²) in [7, 11) is 1.41. The Morgan fingerprint density at radius 3 is 2.64 bits per heavy atom. The smallest absolute Gasteiger partial charge is 0.416 e. The van der Waals surface area contributed by atoms with Crippen LogP contribution in [0.25, 0.3) is 11.1 Å². The van der Waals surface area contributed by atoms with E-state index in [1.165, 1.54) is 13.3 Å². The second-order valence-corrected chi connectivity index (χ2v) is 4.89. The van der Waals surface area contributed by atoms with Crippen molar-refractivity contribution in [3.8, 4) is 17.0 Å². The molecule has 0 unspecified atom stereocenters. The lowest BCUT2D eigenvalue weighted by Gasteiger charge is -2.15. The van der Waals surface area contributed by atoms with Gasteiger partial charge in [0.05, 0.1) is 31.1 Å². The van der Waals surface area contributed by atoms with Crippen molar-refractivity contribution in [3.63, 3.8) is 0 Å². The van der Waals surface area contributed by atoms with Gasteiger partial charge in [0, 0.05) is 17.3 Å². The molecule has 2 heterocycles. The zero-order chi connectivity index (χ0) is 15.9. The fourth-order valence-corrected chi connectivity index (χ4v) is 2.44. The fourth-order valence-electron chi connectivity index (χ4n) is 2.44. The lowest BCUT2D eigenvalue weighted by molar-refractivity contribution is -0.137. The molecule has 2 aromatic rings. The molecule has 0 saturated heterocycles. The Balaban J connectivity index is 2.29. The van der Waals surface area contributed by atoms with E-state index in [4.69, 9.17) is 10.5 Å². The number of nitrogens with two attached hydrogens (primary N) is 1. The molecule has 0 fully saturated rings. The SMILES string of the molecule is COc1ncc(N)cc1-c1cc(C(F)(F)F)cc2c1C=NC2. The topological polar surface area (TPSA) is 60.5 Å². The molecule has 0 amide bonds. The Morgan fingerprint density at radius 2 is 1.95 bits per heavy atom. The number of nitrogens with zero attached hydrogens (tertiary/aromatic N) is 2. The van der Waals surface area contributed by atoms with Crippen molar-refractivity contribution in [2.45, 2.75) is 12.7 Å². The molecule has 0 atom stereocenters. The van der Waals surface area contributed by atoms with E-state index in [9.17, 15) is 13.2 Å². The van der Waals surface area contributed by atoms with Crippen LogP contribution >= 0.6 is 0 Å². The number of hydrogen-bond donors (Lipinski definition) is 1. The maximum Gasteiger partial charge on any atom is 0.416 e. The van der Waals surface area contributed by atoms with E-state index in [2.05, 4.69) is 9.98 Å². The van der Waals surface area contributed by atoms with E-state index >= 15 is 0 Å². The number of anilines is 1. The van der Waals surface area contributed by atoms with Gasteiger partial charge in [0.15, 0.2) is 0 Å². The summed E-state index contributed by atoms with van der Waals surface area (Å²) in [6.07, 6.45) is -1.48. The van der Waals surface area contributed by atoms with Gasteiger partial charge >= 0.3 is 6.18 Å². The maximum absolute atomic E-state index is 13.1. The summed E-state index contributed by atoms with van der Waals surface area (Å²) in [4.78, 5) is 8.07. The number of rotatable bonds is 2. The summed E-state index contributed by atoms with van der Waals surface area (Å²) < 4.78 is 44.5. The highest BCUT2D eigenvalue weighted by Gasteiger charge is 2.33. The number of aliphatic imine (C=N–C) groups is 1. The molecule has 2 N–H and O–H groups in total. The minimum atomic E-state index is -4.44. The minimum Gasteiger partial charge on any atom is -0.481 e. The van der Waals surface area contributed by atoms with Crippen LogP contribution in [-0.4, -0.2) is 18.3 Å². The zero-order valence-corrected chi connectivity index (χ0v) is 11.6. The number of alkyl halides is 3. The fraction of sp³-hybridized carbons (Fsp3) is 0.200. The van der Waals surface area contributed by atoms with Crippen molar-refractivity contribution >= 4 is 11.9 Å². The highest BCUT2D eigenvalue weighted by molar-refractivity contribution is 5.95. The van der Waals surface area contributed by atoms with Crippen LogP contribution in [-0.2, 0) is 12.7 Å². The first kappa shape index (κ1) is 14.4. The normalized spacial score (nSPS) is 13.3. The summed E-state index contributed by atoms with van der Waals surface area (Å²) in [5.74, 6) is 0.219. The van der Waals surface area contributed by atoms with Gasteiger partial charge in [-0.15, -0.1) is 0 Å². The van der Waals surface area contributed by atoms with Crippen LogP contribution in [0.4, 0.5) is 18.9 Å². The summed E-state index contributed by atoms with van der Waals surface area (Å²) in [5, 5.41) is 0. The number of methoxy groups -OCH3 is 1. The number of aromatic nitrogens is 1. The number of pyridine rings is 1. The molecule has 4 nitrogen and oxygen atoms in total. The van der Waals surface area contributed by atoms with Crippen molar-refractivity contribution < 1.29 is 17.9 Å². The summed E-state index contributed by atoms with van der Waals surface area (Å²) in [6, 6.07) is 3.75. The molecule has 114 valence electrons. The molecule has 0 radical (unpaired) electrons. The molecule has 7 heteroatoms. The van der Waals surface area contributed by atoms with Crippen molar-refractivity contribution in [3.05, 3.63) is 41.1 Å². The van der Waals surface area contributed by atoms with Gasteiger partial charge in [-0.05, 0) is 29.3 Å². The van der Waals surface area contributed by atoms with Crippen LogP contribution < -0.4 is 10.5 Å². The highest BCUT2D eigenvalue weighted by atomic mass is 19.4. The van der Waals surface area contributed by atoms with Crippen molar-refractivity contribution in [2.24, 2.45) is 4.99 Å². The van der Waals surface area contributed by atoms with Gasteiger partial charge in [0.25, 0.3) is 0 Å². The molecular weight excluding hydrogens is 295 g/mol. The van der Waals surface area contributed by atoms with Crippen LogP contribution in [0.3, 0.4) is 0 Å². The van der Waals surface area contributed by atoms with E-state index in [1.54, 1.807) is 12.3 Å². The van der Waals surface area contributed by atoms with E-state index in [1.807, 2.05) is 0 Å². The van der Waals surface area contributed by atoms with Gasteiger partial charge < -0.3 is 10.5 Å². The summed E-state index contributed by atoms with van der Waals surface area (Å²) in [6.45, 7) is 0.227. The van der Waals surface area contributed by atoms with Crippen molar-refractivity contribution in [1.29, 1.82) is 0 Å². The largest absolute Gasteiger partial charge is 0.481 e. The molecule has 22 heavy (non-hydrogen) atoms. The minimum absolute atomic E-state index is 0.219. The average molecular weight is 307 g/mol. The number of nitrogen functional groups attached to an aromatic ring is 1. The Morgan fingerprint density at radius 1 is 1.18 bits per heavy atom. The first-order chi connectivity index (χ1) is 10.4. The molecule has 0 aliphatic carbocycles. The monoisotopic (exact) mass is 307 g/mol. The summed E-state index contributed by atoms with van der Waals surface area (Å²) in [5.41, 5.74) is 7.27. The number of benzene rings is 1. The van der Waals surface area contributed by atoms with Gasteiger partial charge in [-0.3, -0.25) is 4.99 Å². The number of halogens is 3. The zero-order valence-electron chi connectivity index (χ0n) is 11.6. The number of ether oxygens (including phenoxy) is 1. The Kier molecular flexibility index (Phi) is 3.27. The highest BCUT2D eigenvalue weighted by Crippen LogP contribution is 2.39. The third-order valence-corrected chi connectivity index (χ3v) is 3.43. The van der Waals surface area contributed by atoms with Crippen LogP contribution in [0, 0.1) is 0 Å². The van der Waals surface area contributed by atoms with E-state index in [0.717, 1.165) is 12.1 Å². The van der Waals surface area contributed by atoms with Crippen LogP contribution in [0.5, 0.6) is 5.88 Å². The lowest BCUT2D eigenvalue weighted by Crippen LogP contribution is -2.07. The second-order valence-electron chi connectivity index (χ2n) is 4.89. The molecule has 3 rings (SSSR count). The average Bonchev–Trinajstić information content (AvgIpc) is 2.93. The molecule has 1 aliphatic heterocycles. The molecule has 1 aromatic carbocycles. The number of fused-ring (bicyclic) bond motifs is 1. The van der Waals surface area contributed by atoms with Gasteiger partial charge in [-0.25, -0.2) is 4.98 Å². The molecule has 1 aromatic heterocycles. The van der Waals surface area contributed by atoms with Gasteiger partial charge in [0.1, 0.15) is 0 Å². The molecule has 0 saturated carbocycles. The molecular formula is C15H12F3N3O. The van der Waals surface area contributed by atoms with E-state index < -0.39 is 11.7 Å². The second kappa shape index (κ2) is 5.01. The quantitative estimate of drug-likeness (QED) is 0.926. The number of hydrogen-bond acceptors (Lipinski definition) is 4. The lowest BCUT2D eigenvalue weighted by atomic mass is 9.94. The third kappa shape index (κ3) is 2.38.